The third-order valence-electron chi connectivity index (χ3n) is 2.64. The lowest BCUT2D eigenvalue weighted by Gasteiger charge is -2.01. The molecule has 0 saturated carbocycles. The molecule has 1 saturated heterocycles. The van der Waals surface area contributed by atoms with E-state index in [1.807, 2.05) is 12.1 Å². The lowest BCUT2D eigenvalue weighted by molar-refractivity contribution is 0.0897. The molecule has 1 N–H and O–H groups in total. The quantitative estimate of drug-likeness (QED) is 0.875. The Morgan fingerprint density at radius 2 is 2.41 bits per heavy atom. The molecule has 2 aromatic rings. The van der Waals surface area contributed by atoms with Crippen LogP contribution in [-0.4, -0.2) is 16.8 Å². The highest BCUT2D eigenvalue weighted by Gasteiger charge is 2.23. The zero-order valence-corrected chi connectivity index (χ0v) is 9.26. The molecule has 0 unspecified atom stereocenters. The molecule has 0 aromatic carbocycles. The minimum Gasteiger partial charge on any atom is -0.467 e. The van der Waals surface area contributed by atoms with E-state index < -0.39 is 0 Å². The monoisotopic (exact) mass is 235 g/mol. The Morgan fingerprint density at radius 3 is 3.18 bits per heavy atom. The van der Waals surface area contributed by atoms with Crippen LogP contribution in [0.4, 0.5) is 6.01 Å². The van der Waals surface area contributed by atoms with Crippen LogP contribution in [0.5, 0.6) is 0 Å². The molecule has 6 heteroatoms. The lowest BCUT2D eigenvalue weighted by atomic mass is 10.2. The molecule has 17 heavy (non-hydrogen) atoms. The molecule has 2 aromatic heterocycles. The number of aromatic nitrogens is 2. The highest BCUT2D eigenvalue weighted by atomic mass is 16.5. The maximum atomic E-state index is 5.47. The van der Waals surface area contributed by atoms with Gasteiger partial charge in [0.25, 0.3) is 0 Å². The summed E-state index contributed by atoms with van der Waals surface area (Å²) < 4.78 is 16.1. The summed E-state index contributed by atoms with van der Waals surface area (Å²) in [6.45, 7) is 1.29. The summed E-state index contributed by atoms with van der Waals surface area (Å²) in [5.74, 6) is 1.37. The molecule has 90 valence electrons. The van der Waals surface area contributed by atoms with E-state index in [-0.39, 0.29) is 6.10 Å². The van der Waals surface area contributed by atoms with Crippen molar-refractivity contribution in [2.24, 2.45) is 0 Å². The van der Waals surface area contributed by atoms with Crippen LogP contribution in [0.2, 0.25) is 0 Å². The minimum atomic E-state index is -0.0401. The molecular weight excluding hydrogens is 222 g/mol. The van der Waals surface area contributed by atoms with Gasteiger partial charge in [-0.3, -0.25) is 0 Å². The minimum absolute atomic E-state index is 0.0401. The lowest BCUT2D eigenvalue weighted by Crippen LogP contribution is -1.98. The van der Waals surface area contributed by atoms with Crippen LogP contribution < -0.4 is 5.32 Å². The van der Waals surface area contributed by atoms with Gasteiger partial charge in [-0.1, -0.05) is 5.10 Å². The van der Waals surface area contributed by atoms with Crippen molar-refractivity contribution in [3.63, 3.8) is 0 Å². The number of rotatable bonds is 4. The molecule has 3 rings (SSSR count). The van der Waals surface area contributed by atoms with E-state index in [1.165, 1.54) is 0 Å². The SMILES string of the molecule is c1coc(CNc2nnc([C@@H]3CCCO3)o2)c1. The molecular formula is C11H13N3O3. The second-order valence-electron chi connectivity index (χ2n) is 3.88. The van der Waals surface area contributed by atoms with Crippen LogP contribution in [0.1, 0.15) is 30.6 Å². The zero-order chi connectivity index (χ0) is 11.5. The van der Waals surface area contributed by atoms with Gasteiger partial charge >= 0.3 is 6.01 Å². The van der Waals surface area contributed by atoms with Gasteiger partial charge in [0, 0.05) is 6.61 Å². The number of ether oxygens (including phenoxy) is 1. The summed E-state index contributed by atoms with van der Waals surface area (Å²) in [5, 5.41) is 10.9. The predicted molar refractivity (Wildman–Crippen MR) is 58.3 cm³/mol. The number of hydrogen-bond donors (Lipinski definition) is 1. The van der Waals surface area contributed by atoms with Crippen molar-refractivity contribution in [3.8, 4) is 0 Å². The van der Waals surface area contributed by atoms with Gasteiger partial charge in [0.05, 0.1) is 12.8 Å². The molecule has 0 amide bonds. The van der Waals surface area contributed by atoms with Crippen LogP contribution >= 0.6 is 0 Å². The first-order valence-electron chi connectivity index (χ1n) is 5.63. The fraction of sp³-hybridized carbons (Fsp3) is 0.455. The van der Waals surface area contributed by atoms with Crippen LogP contribution in [0.25, 0.3) is 0 Å². The van der Waals surface area contributed by atoms with Gasteiger partial charge in [-0.05, 0) is 25.0 Å². The summed E-state index contributed by atoms with van der Waals surface area (Å²) in [7, 11) is 0. The molecule has 0 radical (unpaired) electrons. The molecule has 3 heterocycles. The van der Waals surface area contributed by atoms with Crippen LogP contribution in [-0.2, 0) is 11.3 Å². The predicted octanol–water partition coefficient (Wildman–Crippen LogP) is 2.13. The summed E-state index contributed by atoms with van der Waals surface area (Å²) >= 11 is 0. The second-order valence-corrected chi connectivity index (χ2v) is 3.88. The molecule has 1 aliphatic rings. The summed E-state index contributed by atoms with van der Waals surface area (Å²) in [4.78, 5) is 0. The van der Waals surface area contributed by atoms with Crippen molar-refractivity contribution >= 4 is 6.01 Å². The molecule has 6 nitrogen and oxygen atoms in total. The number of furan rings is 1. The number of anilines is 1. The Bertz CT molecular complexity index is 460. The van der Waals surface area contributed by atoms with Crippen molar-refractivity contribution < 1.29 is 13.6 Å². The Labute approximate surface area is 98.0 Å². The first-order valence-corrected chi connectivity index (χ1v) is 5.63. The highest BCUT2D eigenvalue weighted by molar-refractivity contribution is 5.19. The molecule has 1 aliphatic heterocycles. The molecule has 0 bridgehead atoms. The standard InChI is InChI=1S/C11H13N3O3/c1-3-8(15-5-1)7-12-11-14-13-10(17-11)9-4-2-6-16-9/h1,3,5,9H,2,4,6-7H2,(H,12,14)/t9-/m0/s1. The average Bonchev–Trinajstić information content (AvgIpc) is 3.09. The van der Waals surface area contributed by atoms with E-state index in [1.54, 1.807) is 6.26 Å². The fourth-order valence-electron chi connectivity index (χ4n) is 1.78. The third-order valence-corrected chi connectivity index (χ3v) is 2.64. The molecule has 1 fully saturated rings. The van der Waals surface area contributed by atoms with Crippen molar-refractivity contribution in [2.45, 2.75) is 25.5 Å². The smallest absolute Gasteiger partial charge is 0.315 e. The van der Waals surface area contributed by atoms with Crippen molar-refractivity contribution in [3.05, 3.63) is 30.0 Å². The maximum Gasteiger partial charge on any atom is 0.315 e. The molecule has 1 atom stereocenters. The topological polar surface area (TPSA) is 73.3 Å². The summed E-state index contributed by atoms with van der Waals surface area (Å²) in [6.07, 6.45) is 3.58. The first-order chi connectivity index (χ1) is 8.42. The largest absolute Gasteiger partial charge is 0.467 e. The summed E-state index contributed by atoms with van der Waals surface area (Å²) in [5.41, 5.74) is 0. The number of hydrogen-bond acceptors (Lipinski definition) is 6. The van der Waals surface area contributed by atoms with Crippen molar-refractivity contribution in [2.75, 3.05) is 11.9 Å². The van der Waals surface area contributed by atoms with Crippen molar-refractivity contribution in [1.29, 1.82) is 0 Å². The highest BCUT2D eigenvalue weighted by Crippen LogP contribution is 2.28. The van der Waals surface area contributed by atoms with Gasteiger partial charge in [0.2, 0.25) is 5.89 Å². The average molecular weight is 235 g/mol. The Kier molecular flexibility index (Phi) is 2.79. The van der Waals surface area contributed by atoms with Crippen LogP contribution in [0.15, 0.2) is 27.2 Å². The van der Waals surface area contributed by atoms with Gasteiger partial charge in [-0.25, -0.2) is 0 Å². The van der Waals surface area contributed by atoms with Gasteiger partial charge < -0.3 is 18.9 Å². The third kappa shape index (κ3) is 2.31. The number of nitrogens with zero attached hydrogens (tertiary/aromatic N) is 2. The molecule has 0 spiro atoms. The number of nitrogens with one attached hydrogen (secondary N) is 1. The van der Waals surface area contributed by atoms with Crippen LogP contribution in [0, 0.1) is 0 Å². The van der Waals surface area contributed by atoms with Crippen LogP contribution in [0.3, 0.4) is 0 Å². The van der Waals surface area contributed by atoms with E-state index in [0.29, 0.717) is 18.5 Å². The van der Waals surface area contributed by atoms with Gasteiger partial charge in [-0.2, -0.15) is 0 Å². The normalized spacial score (nSPS) is 19.6. The Morgan fingerprint density at radius 1 is 1.41 bits per heavy atom. The summed E-state index contributed by atoms with van der Waals surface area (Å²) in [6, 6.07) is 4.11. The Hall–Kier alpha value is -1.82. The van der Waals surface area contributed by atoms with E-state index in [0.717, 1.165) is 25.2 Å². The zero-order valence-electron chi connectivity index (χ0n) is 9.26. The second kappa shape index (κ2) is 4.58. The van der Waals surface area contributed by atoms with Gasteiger partial charge in [0.1, 0.15) is 11.9 Å². The van der Waals surface area contributed by atoms with Gasteiger partial charge in [-0.15, -0.1) is 5.10 Å². The maximum absolute atomic E-state index is 5.47. The van der Waals surface area contributed by atoms with Crippen molar-refractivity contribution in [1.82, 2.24) is 10.2 Å². The van der Waals surface area contributed by atoms with E-state index in [2.05, 4.69) is 15.5 Å². The fourth-order valence-corrected chi connectivity index (χ4v) is 1.78. The first kappa shape index (κ1) is 10.3. The van der Waals surface area contributed by atoms with Gasteiger partial charge in [0.15, 0.2) is 0 Å². The molecule has 0 aliphatic carbocycles. The Balaban J connectivity index is 1.60. The van der Waals surface area contributed by atoms with E-state index in [4.69, 9.17) is 13.6 Å². The van der Waals surface area contributed by atoms with E-state index in [9.17, 15) is 0 Å². The van der Waals surface area contributed by atoms with E-state index >= 15 is 0 Å².